The fourth-order valence-electron chi connectivity index (χ4n) is 1.19. The smallest absolute Gasteiger partial charge is 0.226 e. The molecule has 0 saturated heterocycles. The van der Waals surface area contributed by atoms with Gasteiger partial charge in [0.2, 0.25) is 5.91 Å². The fraction of sp³-hybridized carbons (Fsp3) is 0.909. The Balaban J connectivity index is 4.39. The van der Waals surface area contributed by atoms with Crippen molar-refractivity contribution in [3.05, 3.63) is 0 Å². The summed E-state index contributed by atoms with van der Waals surface area (Å²) < 4.78 is 0. The molecule has 0 saturated carbocycles. The first kappa shape index (κ1) is 13.4. The second-order valence-electron chi connectivity index (χ2n) is 4.58. The average molecular weight is 200 g/mol. The van der Waals surface area contributed by atoms with Gasteiger partial charge in [0.05, 0.1) is 5.92 Å². The Bertz CT molecular complexity index is 190. The van der Waals surface area contributed by atoms with Gasteiger partial charge in [-0.1, -0.05) is 20.8 Å². The second kappa shape index (κ2) is 5.35. The summed E-state index contributed by atoms with van der Waals surface area (Å²) in [5.41, 5.74) is 5.70. The molecule has 0 aromatic rings. The van der Waals surface area contributed by atoms with E-state index >= 15 is 0 Å². The van der Waals surface area contributed by atoms with Crippen LogP contribution in [0.4, 0.5) is 0 Å². The molecule has 0 bridgehead atoms. The molecule has 0 aliphatic rings. The van der Waals surface area contributed by atoms with Gasteiger partial charge in [0, 0.05) is 19.1 Å². The predicted molar refractivity (Wildman–Crippen MR) is 59.9 cm³/mol. The lowest BCUT2D eigenvalue weighted by atomic mass is 9.99. The Hall–Kier alpha value is -0.570. The second-order valence-corrected chi connectivity index (χ2v) is 4.58. The van der Waals surface area contributed by atoms with Crippen LogP contribution in [0.5, 0.6) is 0 Å². The van der Waals surface area contributed by atoms with Crippen LogP contribution in [-0.2, 0) is 4.79 Å². The van der Waals surface area contributed by atoms with Gasteiger partial charge in [-0.3, -0.25) is 4.79 Å². The Morgan fingerprint density at radius 3 is 1.86 bits per heavy atom. The molecule has 3 nitrogen and oxygen atoms in total. The maximum Gasteiger partial charge on any atom is 0.226 e. The molecule has 3 heteroatoms. The van der Waals surface area contributed by atoms with Crippen molar-refractivity contribution in [2.45, 2.75) is 46.7 Å². The Morgan fingerprint density at radius 2 is 1.57 bits per heavy atom. The molecule has 14 heavy (non-hydrogen) atoms. The minimum atomic E-state index is -0.0961. The zero-order valence-electron chi connectivity index (χ0n) is 10.2. The molecule has 0 radical (unpaired) electrons. The molecule has 84 valence electrons. The van der Waals surface area contributed by atoms with Crippen molar-refractivity contribution < 1.29 is 4.79 Å². The number of carbonyl (C=O) groups excluding carboxylic acids is 1. The van der Waals surface area contributed by atoms with E-state index in [1.165, 1.54) is 0 Å². The van der Waals surface area contributed by atoms with Crippen LogP contribution >= 0.6 is 0 Å². The largest absolute Gasteiger partial charge is 0.343 e. The van der Waals surface area contributed by atoms with Crippen LogP contribution in [-0.4, -0.2) is 29.9 Å². The molecule has 0 aliphatic heterocycles. The molecule has 3 unspecified atom stereocenters. The molecule has 0 aromatic heterocycles. The van der Waals surface area contributed by atoms with Crippen molar-refractivity contribution in [2.24, 2.45) is 17.6 Å². The summed E-state index contributed by atoms with van der Waals surface area (Å²) >= 11 is 0. The molecule has 0 heterocycles. The summed E-state index contributed by atoms with van der Waals surface area (Å²) in [6, 6.07) is 0.188. The van der Waals surface area contributed by atoms with Gasteiger partial charge in [-0.2, -0.15) is 0 Å². The zero-order valence-corrected chi connectivity index (χ0v) is 10.2. The van der Waals surface area contributed by atoms with E-state index in [4.69, 9.17) is 5.73 Å². The molecular weight excluding hydrogens is 176 g/mol. The van der Waals surface area contributed by atoms with E-state index < -0.39 is 0 Å². The predicted octanol–water partition coefficient (Wildman–Crippen LogP) is 1.47. The van der Waals surface area contributed by atoms with Gasteiger partial charge in [-0.05, 0) is 19.8 Å². The van der Waals surface area contributed by atoms with Gasteiger partial charge in [0.25, 0.3) is 0 Å². The third-order valence-electron chi connectivity index (χ3n) is 3.10. The van der Waals surface area contributed by atoms with Crippen LogP contribution in [0.25, 0.3) is 0 Å². The highest BCUT2D eigenvalue weighted by atomic mass is 16.2. The molecule has 0 rings (SSSR count). The Labute approximate surface area is 87.6 Å². The summed E-state index contributed by atoms with van der Waals surface area (Å²) in [5.74, 6) is 0.520. The number of hydrogen-bond acceptors (Lipinski definition) is 2. The van der Waals surface area contributed by atoms with Gasteiger partial charge >= 0.3 is 0 Å². The number of carbonyl (C=O) groups is 1. The van der Waals surface area contributed by atoms with E-state index in [2.05, 4.69) is 20.8 Å². The lowest BCUT2D eigenvalue weighted by Gasteiger charge is -2.31. The van der Waals surface area contributed by atoms with Crippen molar-refractivity contribution in [1.82, 2.24) is 4.90 Å². The zero-order chi connectivity index (χ0) is 11.5. The molecule has 0 aromatic carbocycles. The normalized spacial score (nSPS) is 17.7. The highest BCUT2D eigenvalue weighted by Gasteiger charge is 2.25. The summed E-state index contributed by atoms with van der Waals surface area (Å²) in [6.07, 6.45) is 0. The quantitative estimate of drug-likeness (QED) is 0.747. The lowest BCUT2D eigenvalue weighted by Crippen LogP contribution is -2.45. The highest BCUT2D eigenvalue weighted by molar-refractivity contribution is 5.79. The molecule has 0 aliphatic carbocycles. The average Bonchev–Trinajstić information content (AvgIpc) is 2.12. The van der Waals surface area contributed by atoms with E-state index in [0.29, 0.717) is 5.92 Å². The third kappa shape index (κ3) is 3.29. The van der Waals surface area contributed by atoms with E-state index in [1.54, 1.807) is 4.90 Å². The number of amides is 1. The topological polar surface area (TPSA) is 46.3 Å². The molecule has 0 spiro atoms. The summed E-state index contributed by atoms with van der Waals surface area (Å²) in [5, 5.41) is 0. The summed E-state index contributed by atoms with van der Waals surface area (Å²) in [4.78, 5) is 13.7. The number of nitrogens with zero attached hydrogens (tertiary/aromatic N) is 1. The Kier molecular flexibility index (Phi) is 5.13. The minimum Gasteiger partial charge on any atom is -0.343 e. The van der Waals surface area contributed by atoms with Crippen LogP contribution in [0.1, 0.15) is 34.6 Å². The standard InChI is InChI=1S/C11H24N2O/c1-7(2)10(5)13(6)11(14)8(3)9(4)12/h7-10H,12H2,1-6H3. The number of rotatable bonds is 4. The molecular formula is C11H24N2O. The van der Waals surface area contributed by atoms with Gasteiger partial charge in [-0.25, -0.2) is 0 Å². The van der Waals surface area contributed by atoms with Crippen molar-refractivity contribution in [1.29, 1.82) is 0 Å². The van der Waals surface area contributed by atoms with Gasteiger partial charge in [0.1, 0.15) is 0 Å². The van der Waals surface area contributed by atoms with E-state index in [9.17, 15) is 4.79 Å². The van der Waals surface area contributed by atoms with E-state index in [0.717, 1.165) is 0 Å². The van der Waals surface area contributed by atoms with Crippen LogP contribution in [0.2, 0.25) is 0 Å². The lowest BCUT2D eigenvalue weighted by molar-refractivity contribution is -0.136. The van der Waals surface area contributed by atoms with Crippen molar-refractivity contribution in [3.63, 3.8) is 0 Å². The van der Waals surface area contributed by atoms with E-state index in [-0.39, 0.29) is 23.9 Å². The van der Waals surface area contributed by atoms with Crippen LogP contribution in [0, 0.1) is 11.8 Å². The molecule has 2 N–H and O–H groups in total. The van der Waals surface area contributed by atoms with Crippen LogP contribution in [0.15, 0.2) is 0 Å². The fourth-order valence-corrected chi connectivity index (χ4v) is 1.19. The first-order valence-electron chi connectivity index (χ1n) is 5.31. The third-order valence-corrected chi connectivity index (χ3v) is 3.10. The van der Waals surface area contributed by atoms with Crippen LogP contribution < -0.4 is 5.73 Å². The molecule has 1 amide bonds. The van der Waals surface area contributed by atoms with Crippen molar-refractivity contribution in [2.75, 3.05) is 7.05 Å². The summed E-state index contributed by atoms with van der Waals surface area (Å²) in [6.45, 7) is 10.1. The van der Waals surface area contributed by atoms with Gasteiger partial charge < -0.3 is 10.6 Å². The minimum absolute atomic E-state index is 0.0793. The maximum absolute atomic E-state index is 11.9. The van der Waals surface area contributed by atoms with Gasteiger partial charge in [0.15, 0.2) is 0 Å². The summed E-state index contributed by atoms with van der Waals surface area (Å²) in [7, 11) is 1.85. The number of hydrogen-bond donors (Lipinski definition) is 1. The first-order valence-corrected chi connectivity index (χ1v) is 5.31. The monoisotopic (exact) mass is 200 g/mol. The maximum atomic E-state index is 11.9. The highest BCUT2D eigenvalue weighted by Crippen LogP contribution is 2.12. The van der Waals surface area contributed by atoms with Gasteiger partial charge in [-0.15, -0.1) is 0 Å². The SMILES string of the molecule is CC(C)C(C)N(C)C(=O)C(C)C(C)N. The molecule has 0 fully saturated rings. The first-order chi connectivity index (χ1) is 6.29. The van der Waals surface area contributed by atoms with Crippen molar-refractivity contribution in [3.8, 4) is 0 Å². The Morgan fingerprint density at radius 1 is 1.14 bits per heavy atom. The van der Waals surface area contributed by atoms with Crippen LogP contribution in [0.3, 0.4) is 0 Å². The molecule has 3 atom stereocenters. The number of nitrogens with two attached hydrogens (primary N) is 1. The van der Waals surface area contributed by atoms with E-state index in [1.807, 2.05) is 20.9 Å². The van der Waals surface area contributed by atoms with Crippen molar-refractivity contribution >= 4 is 5.91 Å².